The maximum atomic E-state index is 12.1. The summed E-state index contributed by atoms with van der Waals surface area (Å²) >= 11 is 3.36. The van der Waals surface area contributed by atoms with Crippen LogP contribution in [-0.2, 0) is 16.0 Å². The van der Waals surface area contributed by atoms with Gasteiger partial charge in [-0.1, -0.05) is 34.1 Å². The van der Waals surface area contributed by atoms with E-state index in [0.29, 0.717) is 37.2 Å². The lowest BCUT2D eigenvalue weighted by molar-refractivity contribution is -0.131. The van der Waals surface area contributed by atoms with Crippen LogP contribution in [0.2, 0.25) is 0 Å². The number of hydrogen-bond donors (Lipinski definition) is 2. The van der Waals surface area contributed by atoms with Gasteiger partial charge in [0.1, 0.15) is 5.75 Å². The van der Waals surface area contributed by atoms with Crippen molar-refractivity contribution in [3.63, 3.8) is 0 Å². The number of carbonyl (C=O) groups is 3. The van der Waals surface area contributed by atoms with Gasteiger partial charge in [-0.05, 0) is 42.3 Å². The topological polar surface area (TPSA) is 84.5 Å². The molecule has 0 spiro atoms. The lowest BCUT2D eigenvalue weighted by Crippen LogP contribution is -2.30. The predicted molar refractivity (Wildman–Crippen MR) is 106 cm³/mol. The van der Waals surface area contributed by atoms with Crippen molar-refractivity contribution in [1.82, 2.24) is 10.6 Å². The van der Waals surface area contributed by atoms with Gasteiger partial charge >= 0.3 is 5.97 Å². The molecule has 0 unspecified atom stereocenters. The summed E-state index contributed by atoms with van der Waals surface area (Å²) in [6.45, 7) is 2.20. The molecule has 2 amide bonds. The van der Waals surface area contributed by atoms with E-state index in [1.54, 1.807) is 18.2 Å². The van der Waals surface area contributed by atoms with Crippen LogP contribution in [0.1, 0.15) is 29.3 Å². The van der Waals surface area contributed by atoms with Crippen LogP contribution in [0, 0.1) is 0 Å². The molecular weight excluding hydrogens is 412 g/mol. The third kappa shape index (κ3) is 7.62. The van der Waals surface area contributed by atoms with Crippen LogP contribution < -0.4 is 15.4 Å². The number of ether oxygens (including phenoxy) is 1. The van der Waals surface area contributed by atoms with E-state index in [1.165, 1.54) is 13.0 Å². The molecule has 0 saturated carbocycles. The van der Waals surface area contributed by atoms with Crippen LogP contribution in [0.15, 0.2) is 53.0 Å². The first-order chi connectivity index (χ1) is 12.9. The quantitative estimate of drug-likeness (QED) is 0.381. The fourth-order valence-corrected chi connectivity index (χ4v) is 2.60. The zero-order valence-corrected chi connectivity index (χ0v) is 16.5. The molecule has 0 heterocycles. The van der Waals surface area contributed by atoms with Crippen LogP contribution in [0.25, 0.3) is 0 Å². The number of rotatable bonds is 8. The number of amides is 2. The van der Waals surface area contributed by atoms with Gasteiger partial charge in [-0.2, -0.15) is 0 Å². The average molecular weight is 433 g/mol. The summed E-state index contributed by atoms with van der Waals surface area (Å²) in [6.07, 6.45) is 0.935. The van der Waals surface area contributed by atoms with E-state index in [1.807, 2.05) is 24.3 Å². The van der Waals surface area contributed by atoms with E-state index in [-0.39, 0.29) is 11.8 Å². The zero-order valence-electron chi connectivity index (χ0n) is 15.0. The molecule has 2 N–H and O–H groups in total. The summed E-state index contributed by atoms with van der Waals surface area (Å²) in [4.78, 5) is 35.0. The molecule has 0 radical (unpaired) electrons. The summed E-state index contributed by atoms with van der Waals surface area (Å²) in [6, 6.07) is 14.0. The van der Waals surface area contributed by atoms with Crippen molar-refractivity contribution in [3.8, 4) is 5.75 Å². The molecule has 7 heteroatoms. The predicted octanol–water partition coefficient (Wildman–Crippen LogP) is 2.85. The van der Waals surface area contributed by atoms with E-state index < -0.39 is 5.97 Å². The summed E-state index contributed by atoms with van der Waals surface area (Å²) in [5.74, 6) is -0.426. The van der Waals surface area contributed by atoms with E-state index in [4.69, 9.17) is 4.74 Å². The van der Waals surface area contributed by atoms with Crippen molar-refractivity contribution in [3.05, 3.63) is 64.1 Å². The van der Waals surface area contributed by atoms with Gasteiger partial charge in [-0.15, -0.1) is 0 Å². The molecular formula is C20H21BrN2O4. The molecule has 0 saturated heterocycles. The number of carbonyl (C=O) groups excluding carboxylic acids is 3. The van der Waals surface area contributed by atoms with Crippen molar-refractivity contribution < 1.29 is 19.1 Å². The molecule has 142 valence electrons. The number of halogens is 1. The lowest BCUT2D eigenvalue weighted by Gasteiger charge is -2.08. The van der Waals surface area contributed by atoms with Crippen LogP contribution in [0.5, 0.6) is 5.75 Å². The molecule has 0 aliphatic carbocycles. The average Bonchev–Trinajstić information content (AvgIpc) is 2.63. The smallest absolute Gasteiger partial charge is 0.308 e. The highest BCUT2D eigenvalue weighted by Gasteiger charge is 2.08. The van der Waals surface area contributed by atoms with Gasteiger partial charge in [0.2, 0.25) is 5.91 Å². The van der Waals surface area contributed by atoms with E-state index in [0.717, 1.165) is 10.0 Å². The minimum atomic E-state index is -0.438. The van der Waals surface area contributed by atoms with Crippen LogP contribution in [0.3, 0.4) is 0 Å². The Kier molecular flexibility index (Phi) is 8.00. The van der Waals surface area contributed by atoms with Crippen LogP contribution in [0.4, 0.5) is 0 Å². The molecule has 6 nitrogen and oxygen atoms in total. The van der Waals surface area contributed by atoms with Crippen LogP contribution in [-0.4, -0.2) is 30.9 Å². The number of hydrogen-bond acceptors (Lipinski definition) is 4. The largest absolute Gasteiger partial charge is 0.427 e. The molecule has 0 aliphatic rings. The van der Waals surface area contributed by atoms with Crippen molar-refractivity contribution in [2.75, 3.05) is 13.1 Å². The van der Waals surface area contributed by atoms with Gasteiger partial charge in [0, 0.05) is 30.0 Å². The molecule has 0 fully saturated rings. The fourth-order valence-electron chi connectivity index (χ4n) is 2.34. The summed E-state index contributed by atoms with van der Waals surface area (Å²) in [5, 5.41) is 5.60. The highest BCUT2D eigenvalue weighted by Crippen LogP contribution is 2.13. The SMILES string of the molecule is CC(=O)Oc1cccc(C(=O)NCCCNC(=O)Cc2ccc(Br)cc2)c1. The highest BCUT2D eigenvalue weighted by molar-refractivity contribution is 9.10. The molecule has 2 rings (SSSR count). The Morgan fingerprint density at radius 1 is 1.00 bits per heavy atom. The zero-order chi connectivity index (χ0) is 19.6. The first-order valence-electron chi connectivity index (χ1n) is 8.52. The summed E-state index contributed by atoms with van der Waals surface area (Å²) in [5.41, 5.74) is 1.35. The minimum absolute atomic E-state index is 0.0577. The minimum Gasteiger partial charge on any atom is -0.427 e. The Morgan fingerprint density at radius 3 is 2.41 bits per heavy atom. The lowest BCUT2D eigenvalue weighted by atomic mass is 10.1. The third-order valence-corrected chi connectivity index (χ3v) is 4.13. The number of nitrogens with one attached hydrogen (secondary N) is 2. The number of esters is 1. The van der Waals surface area contributed by atoms with Gasteiger partial charge < -0.3 is 15.4 Å². The Morgan fingerprint density at radius 2 is 1.70 bits per heavy atom. The normalized spacial score (nSPS) is 10.1. The summed E-state index contributed by atoms with van der Waals surface area (Å²) < 4.78 is 5.93. The Labute approximate surface area is 166 Å². The van der Waals surface area contributed by atoms with Crippen molar-refractivity contribution >= 4 is 33.7 Å². The maximum Gasteiger partial charge on any atom is 0.308 e. The second-order valence-corrected chi connectivity index (χ2v) is 6.80. The molecule has 0 atom stereocenters. The second-order valence-electron chi connectivity index (χ2n) is 5.88. The first kappa shape index (κ1) is 20.6. The van der Waals surface area contributed by atoms with Crippen LogP contribution >= 0.6 is 15.9 Å². The Balaban J connectivity index is 1.67. The second kappa shape index (κ2) is 10.5. The van der Waals surface area contributed by atoms with Gasteiger partial charge in [0.15, 0.2) is 0 Å². The molecule has 2 aromatic carbocycles. The molecule has 0 bridgehead atoms. The van der Waals surface area contributed by atoms with Crippen molar-refractivity contribution in [1.29, 1.82) is 0 Å². The van der Waals surface area contributed by atoms with Gasteiger partial charge in [0.05, 0.1) is 6.42 Å². The molecule has 27 heavy (non-hydrogen) atoms. The molecule has 2 aromatic rings. The standard InChI is InChI=1S/C20H21BrN2O4/c1-14(24)27-18-5-2-4-16(13-18)20(26)23-11-3-10-22-19(25)12-15-6-8-17(21)9-7-15/h2,4-9,13H,3,10-12H2,1H3,(H,22,25)(H,23,26). The third-order valence-electron chi connectivity index (χ3n) is 3.60. The van der Waals surface area contributed by atoms with Crippen molar-refractivity contribution in [2.24, 2.45) is 0 Å². The van der Waals surface area contributed by atoms with Crippen molar-refractivity contribution in [2.45, 2.75) is 19.8 Å². The Bertz CT molecular complexity index is 806. The monoisotopic (exact) mass is 432 g/mol. The maximum absolute atomic E-state index is 12.1. The number of benzene rings is 2. The first-order valence-corrected chi connectivity index (χ1v) is 9.31. The van der Waals surface area contributed by atoms with Gasteiger partial charge in [0.25, 0.3) is 5.91 Å². The van der Waals surface area contributed by atoms with E-state index in [9.17, 15) is 14.4 Å². The highest BCUT2D eigenvalue weighted by atomic mass is 79.9. The Hall–Kier alpha value is -2.67. The van der Waals surface area contributed by atoms with E-state index in [2.05, 4.69) is 26.6 Å². The van der Waals surface area contributed by atoms with Gasteiger partial charge in [-0.3, -0.25) is 14.4 Å². The van der Waals surface area contributed by atoms with E-state index >= 15 is 0 Å². The molecule has 0 aliphatic heterocycles. The summed E-state index contributed by atoms with van der Waals surface area (Å²) in [7, 11) is 0. The molecule has 0 aromatic heterocycles. The fraction of sp³-hybridized carbons (Fsp3) is 0.250. The van der Waals surface area contributed by atoms with Gasteiger partial charge in [-0.25, -0.2) is 0 Å².